The summed E-state index contributed by atoms with van der Waals surface area (Å²) in [6.07, 6.45) is 0.501. The summed E-state index contributed by atoms with van der Waals surface area (Å²) in [7, 11) is -0.906. The largest absolute Gasteiger partial charge is 0.417 e. The van der Waals surface area contributed by atoms with E-state index in [-0.39, 0.29) is 0 Å². The fourth-order valence-electron chi connectivity index (χ4n) is 3.08. The van der Waals surface area contributed by atoms with Gasteiger partial charge in [0.15, 0.2) is 9.04 Å². The van der Waals surface area contributed by atoms with Crippen LogP contribution in [-0.2, 0) is 4.43 Å². The Morgan fingerprint density at radius 1 is 1.20 bits per heavy atom. The highest BCUT2D eigenvalue weighted by Gasteiger charge is 2.58. The first kappa shape index (κ1) is 11.6. The number of hydrogen-bond acceptors (Lipinski definition) is 2. The van der Waals surface area contributed by atoms with Crippen LogP contribution >= 0.6 is 0 Å². The van der Waals surface area contributed by atoms with Crippen molar-refractivity contribution in [1.29, 1.82) is 0 Å². The molecule has 0 radical (unpaired) electrons. The molecule has 0 amide bonds. The summed E-state index contributed by atoms with van der Waals surface area (Å²) in [6, 6.07) is 0. The van der Waals surface area contributed by atoms with Gasteiger partial charge in [-0.15, -0.1) is 0 Å². The Morgan fingerprint density at radius 2 is 1.73 bits per heavy atom. The van der Waals surface area contributed by atoms with Crippen molar-refractivity contribution in [3.05, 3.63) is 0 Å². The van der Waals surface area contributed by atoms with E-state index in [1.165, 1.54) is 13.1 Å². The van der Waals surface area contributed by atoms with Gasteiger partial charge in [-0.05, 0) is 49.4 Å². The van der Waals surface area contributed by atoms with Crippen LogP contribution in [0.5, 0.6) is 0 Å². The molecule has 1 saturated carbocycles. The van der Waals surface area contributed by atoms with Crippen LogP contribution in [0.25, 0.3) is 0 Å². The van der Waals surface area contributed by atoms with E-state index in [1.807, 2.05) is 0 Å². The van der Waals surface area contributed by atoms with Crippen LogP contribution in [0, 0.1) is 23.2 Å². The standard InChI is InChI=1S/C12H25NOSi/c1-12(2,3)11(14-15(4)5)10-8-6-13-7-9(8)10/h8-11,13,15H,6-7H2,1-5H3/t8-,9+,10?,11?. The second-order valence-electron chi connectivity index (χ2n) is 6.53. The van der Waals surface area contributed by atoms with Gasteiger partial charge >= 0.3 is 0 Å². The SMILES string of the molecule is C[SiH](C)OC(C1[C@H]2CNC[C@@H]12)C(C)(C)C. The molecule has 0 bridgehead atoms. The van der Waals surface area contributed by atoms with Crippen molar-refractivity contribution >= 4 is 9.04 Å². The van der Waals surface area contributed by atoms with Gasteiger partial charge < -0.3 is 9.74 Å². The van der Waals surface area contributed by atoms with E-state index in [4.69, 9.17) is 4.43 Å². The van der Waals surface area contributed by atoms with Crippen molar-refractivity contribution in [1.82, 2.24) is 5.32 Å². The van der Waals surface area contributed by atoms with E-state index in [1.54, 1.807) is 0 Å². The minimum Gasteiger partial charge on any atom is -0.417 e. The highest BCUT2D eigenvalue weighted by Crippen LogP contribution is 2.55. The smallest absolute Gasteiger partial charge is 0.171 e. The number of hydrogen-bond donors (Lipinski definition) is 1. The molecule has 15 heavy (non-hydrogen) atoms. The highest BCUT2D eigenvalue weighted by atomic mass is 28.3. The van der Waals surface area contributed by atoms with Crippen LogP contribution in [0.15, 0.2) is 0 Å². The third kappa shape index (κ3) is 2.29. The Kier molecular flexibility index (Phi) is 2.99. The topological polar surface area (TPSA) is 21.3 Å². The van der Waals surface area contributed by atoms with E-state index >= 15 is 0 Å². The Labute approximate surface area is 95.5 Å². The molecule has 1 heterocycles. The molecule has 1 aliphatic carbocycles. The maximum atomic E-state index is 6.29. The Bertz CT molecular complexity index is 226. The summed E-state index contributed by atoms with van der Waals surface area (Å²) in [5.74, 6) is 2.69. The second-order valence-corrected chi connectivity index (χ2v) is 8.90. The van der Waals surface area contributed by atoms with Crippen LogP contribution in [0.4, 0.5) is 0 Å². The molecular formula is C12H25NOSi. The van der Waals surface area contributed by atoms with Crippen molar-refractivity contribution in [2.24, 2.45) is 23.2 Å². The second kappa shape index (κ2) is 3.86. The maximum absolute atomic E-state index is 6.29. The van der Waals surface area contributed by atoms with E-state index in [9.17, 15) is 0 Å². The highest BCUT2D eigenvalue weighted by molar-refractivity contribution is 6.48. The molecule has 88 valence electrons. The lowest BCUT2D eigenvalue weighted by Crippen LogP contribution is -2.37. The first-order valence-corrected chi connectivity index (χ1v) is 9.05. The van der Waals surface area contributed by atoms with Crippen LogP contribution in [0.2, 0.25) is 13.1 Å². The molecule has 2 unspecified atom stereocenters. The van der Waals surface area contributed by atoms with E-state index in [0.29, 0.717) is 11.5 Å². The predicted octanol–water partition coefficient (Wildman–Crippen LogP) is 1.87. The molecule has 1 aliphatic heterocycles. The predicted molar refractivity (Wildman–Crippen MR) is 66.5 cm³/mol. The van der Waals surface area contributed by atoms with Gasteiger partial charge in [0.05, 0.1) is 6.10 Å². The van der Waals surface area contributed by atoms with Gasteiger partial charge in [-0.25, -0.2) is 0 Å². The summed E-state index contributed by atoms with van der Waals surface area (Å²) >= 11 is 0. The molecule has 1 N–H and O–H groups in total. The number of nitrogens with one attached hydrogen (secondary N) is 1. The first-order valence-electron chi connectivity index (χ1n) is 6.27. The zero-order valence-electron chi connectivity index (χ0n) is 10.7. The summed E-state index contributed by atoms with van der Waals surface area (Å²) in [4.78, 5) is 0. The molecule has 2 fully saturated rings. The Morgan fingerprint density at radius 3 is 2.13 bits per heavy atom. The van der Waals surface area contributed by atoms with Crippen molar-refractivity contribution in [3.63, 3.8) is 0 Å². The van der Waals surface area contributed by atoms with Gasteiger partial charge in [-0.1, -0.05) is 20.8 Å². The van der Waals surface area contributed by atoms with Crippen LogP contribution in [0.3, 0.4) is 0 Å². The molecule has 3 heteroatoms. The van der Waals surface area contributed by atoms with Crippen molar-refractivity contribution < 1.29 is 4.43 Å². The number of piperidine rings is 1. The zero-order valence-corrected chi connectivity index (χ0v) is 11.9. The lowest BCUT2D eigenvalue weighted by atomic mass is 9.85. The quantitative estimate of drug-likeness (QED) is 0.743. The minimum atomic E-state index is -0.906. The van der Waals surface area contributed by atoms with Gasteiger partial charge in [0.25, 0.3) is 0 Å². The average Bonchev–Trinajstić information content (AvgIpc) is 2.56. The normalized spacial score (nSPS) is 36.8. The molecule has 0 aromatic heterocycles. The Hall–Kier alpha value is 0.137. The molecule has 2 nitrogen and oxygen atoms in total. The van der Waals surface area contributed by atoms with Crippen molar-refractivity contribution in [2.45, 2.75) is 40.0 Å². The average molecular weight is 227 g/mol. The minimum absolute atomic E-state index is 0.312. The van der Waals surface area contributed by atoms with Crippen LogP contribution in [-0.4, -0.2) is 28.2 Å². The van der Waals surface area contributed by atoms with E-state index in [0.717, 1.165) is 17.8 Å². The molecule has 2 aliphatic rings. The van der Waals surface area contributed by atoms with Gasteiger partial charge in [0, 0.05) is 0 Å². The van der Waals surface area contributed by atoms with Gasteiger partial charge in [-0.3, -0.25) is 0 Å². The van der Waals surface area contributed by atoms with E-state index < -0.39 is 9.04 Å². The first-order chi connectivity index (χ1) is 6.91. The van der Waals surface area contributed by atoms with Crippen LogP contribution < -0.4 is 5.32 Å². The molecule has 0 spiro atoms. The number of rotatable bonds is 3. The molecule has 0 aromatic rings. The Balaban J connectivity index is 2.01. The lowest BCUT2D eigenvalue weighted by Gasteiger charge is -2.34. The molecule has 2 rings (SSSR count). The van der Waals surface area contributed by atoms with E-state index in [2.05, 4.69) is 39.2 Å². The molecule has 1 saturated heterocycles. The fourth-order valence-corrected chi connectivity index (χ4v) is 4.26. The monoisotopic (exact) mass is 227 g/mol. The van der Waals surface area contributed by atoms with Gasteiger partial charge in [-0.2, -0.15) is 0 Å². The summed E-state index contributed by atoms with van der Waals surface area (Å²) < 4.78 is 6.29. The molecular weight excluding hydrogens is 202 g/mol. The van der Waals surface area contributed by atoms with Crippen molar-refractivity contribution in [3.8, 4) is 0 Å². The fraction of sp³-hybridized carbons (Fsp3) is 1.00. The third-order valence-electron chi connectivity index (χ3n) is 3.78. The van der Waals surface area contributed by atoms with Crippen LogP contribution in [0.1, 0.15) is 20.8 Å². The number of fused-ring (bicyclic) bond motifs is 1. The van der Waals surface area contributed by atoms with Gasteiger partial charge in [0.1, 0.15) is 0 Å². The summed E-state index contributed by atoms with van der Waals surface area (Å²) in [5.41, 5.74) is 0.312. The summed E-state index contributed by atoms with van der Waals surface area (Å²) in [6.45, 7) is 14.0. The third-order valence-corrected chi connectivity index (χ3v) is 4.62. The van der Waals surface area contributed by atoms with Gasteiger partial charge in [0.2, 0.25) is 0 Å². The zero-order chi connectivity index (χ0) is 11.2. The van der Waals surface area contributed by atoms with Crippen molar-refractivity contribution in [2.75, 3.05) is 13.1 Å². The maximum Gasteiger partial charge on any atom is 0.171 e. The molecule has 0 aromatic carbocycles. The summed E-state index contributed by atoms with van der Waals surface area (Å²) in [5, 5.41) is 3.47. The molecule has 4 atom stereocenters. The lowest BCUT2D eigenvalue weighted by molar-refractivity contribution is 0.0560.